The number of phenols is 1. The molecule has 4 heteroatoms. The Balaban J connectivity index is 2.10. The summed E-state index contributed by atoms with van der Waals surface area (Å²) in [5.41, 5.74) is 1.21. The van der Waals surface area contributed by atoms with Gasteiger partial charge in [0.05, 0.1) is 13.2 Å². The molecule has 1 rings (SSSR count). The third kappa shape index (κ3) is 6.59. The number of aliphatic hydroxyl groups is 1. The van der Waals surface area contributed by atoms with Gasteiger partial charge >= 0.3 is 0 Å². The predicted molar refractivity (Wildman–Crippen MR) is 71.8 cm³/mol. The number of rotatable bonds is 9. The first-order valence-corrected chi connectivity index (χ1v) is 6.42. The van der Waals surface area contributed by atoms with Gasteiger partial charge in [-0.15, -0.1) is 0 Å². The second kappa shape index (κ2) is 8.91. The van der Waals surface area contributed by atoms with Gasteiger partial charge in [-0.1, -0.05) is 12.1 Å². The van der Waals surface area contributed by atoms with Crippen molar-refractivity contribution >= 4 is 0 Å². The zero-order chi connectivity index (χ0) is 13.2. The molecule has 0 saturated heterocycles. The molecule has 0 aliphatic rings. The fourth-order valence-corrected chi connectivity index (χ4v) is 1.75. The molecular formula is C14H23NO3. The monoisotopic (exact) mass is 253 g/mol. The largest absolute Gasteiger partial charge is 0.508 e. The van der Waals surface area contributed by atoms with Crippen LogP contribution in [-0.4, -0.2) is 42.6 Å². The Bertz CT molecular complexity index is 313. The topological polar surface area (TPSA) is 61.7 Å². The van der Waals surface area contributed by atoms with Crippen LogP contribution in [0.3, 0.4) is 0 Å². The van der Waals surface area contributed by atoms with E-state index < -0.39 is 0 Å². The lowest BCUT2D eigenvalue weighted by atomic mass is 10.1. The van der Waals surface area contributed by atoms with Crippen molar-refractivity contribution in [3.63, 3.8) is 0 Å². The van der Waals surface area contributed by atoms with Crippen molar-refractivity contribution in [3.8, 4) is 5.75 Å². The van der Waals surface area contributed by atoms with Crippen LogP contribution < -0.4 is 5.32 Å². The summed E-state index contributed by atoms with van der Waals surface area (Å²) in [6.07, 6.45) is 1.89. The van der Waals surface area contributed by atoms with E-state index in [0.717, 1.165) is 19.4 Å². The molecule has 0 spiro atoms. The molecule has 0 saturated carbocycles. The minimum absolute atomic E-state index is 0.0880. The zero-order valence-corrected chi connectivity index (χ0v) is 10.9. The average Bonchev–Trinajstić information content (AvgIpc) is 2.36. The normalized spacial score (nSPS) is 12.6. The number of phenolic OH excluding ortho intramolecular Hbond substituents is 1. The summed E-state index contributed by atoms with van der Waals surface area (Å²) in [6.45, 7) is 4.24. The second-order valence-electron chi connectivity index (χ2n) is 4.42. The lowest BCUT2D eigenvalue weighted by Gasteiger charge is -2.14. The van der Waals surface area contributed by atoms with Gasteiger partial charge in [0.15, 0.2) is 0 Å². The highest BCUT2D eigenvalue weighted by Gasteiger charge is 2.02. The van der Waals surface area contributed by atoms with E-state index in [2.05, 4.69) is 12.2 Å². The minimum Gasteiger partial charge on any atom is -0.508 e. The van der Waals surface area contributed by atoms with Gasteiger partial charge in [-0.3, -0.25) is 0 Å². The molecule has 102 valence electrons. The maximum Gasteiger partial charge on any atom is 0.115 e. The third-order valence-corrected chi connectivity index (χ3v) is 2.67. The van der Waals surface area contributed by atoms with E-state index in [-0.39, 0.29) is 6.61 Å². The fraction of sp³-hybridized carbons (Fsp3) is 0.571. The number of aromatic hydroxyl groups is 1. The summed E-state index contributed by atoms with van der Waals surface area (Å²) >= 11 is 0. The van der Waals surface area contributed by atoms with E-state index in [1.54, 1.807) is 12.1 Å². The van der Waals surface area contributed by atoms with Crippen LogP contribution in [0.25, 0.3) is 0 Å². The SMILES string of the molecule is CC(Cc1ccc(O)cc1)NCCCOCCO. The van der Waals surface area contributed by atoms with E-state index in [4.69, 9.17) is 9.84 Å². The molecule has 1 atom stereocenters. The van der Waals surface area contributed by atoms with Crippen molar-refractivity contribution in [3.05, 3.63) is 29.8 Å². The molecule has 0 aliphatic heterocycles. The molecule has 1 aromatic rings. The lowest BCUT2D eigenvalue weighted by molar-refractivity contribution is 0.0904. The van der Waals surface area contributed by atoms with Gasteiger partial charge in [-0.25, -0.2) is 0 Å². The molecule has 4 nitrogen and oxygen atoms in total. The minimum atomic E-state index is 0.0880. The van der Waals surface area contributed by atoms with Crippen LogP contribution in [0.4, 0.5) is 0 Å². The van der Waals surface area contributed by atoms with Crippen molar-refractivity contribution in [1.29, 1.82) is 0 Å². The maximum atomic E-state index is 9.19. The van der Waals surface area contributed by atoms with Gasteiger partial charge in [0, 0.05) is 12.6 Å². The quantitative estimate of drug-likeness (QED) is 0.581. The van der Waals surface area contributed by atoms with Crippen LogP contribution in [0.15, 0.2) is 24.3 Å². The Morgan fingerprint density at radius 2 is 1.94 bits per heavy atom. The van der Waals surface area contributed by atoms with E-state index in [9.17, 15) is 5.11 Å². The summed E-state index contributed by atoms with van der Waals surface area (Å²) in [5, 5.41) is 21.1. The van der Waals surface area contributed by atoms with Gasteiger partial charge < -0.3 is 20.3 Å². The third-order valence-electron chi connectivity index (χ3n) is 2.67. The van der Waals surface area contributed by atoms with Gasteiger partial charge in [0.1, 0.15) is 5.75 Å². The summed E-state index contributed by atoms with van der Waals surface area (Å²) in [4.78, 5) is 0. The van der Waals surface area contributed by atoms with Gasteiger partial charge in [-0.05, 0) is 44.0 Å². The van der Waals surface area contributed by atoms with Gasteiger partial charge in [0.25, 0.3) is 0 Å². The van der Waals surface area contributed by atoms with Crippen molar-refractivity contribution < 1.29 is 14.9 Å². The number of nitrogens with one attached hydrogen (secondary N) is 1. The molecule has 1 aromatic carbocycles. The van der Waals surface area contributed by atoms with Crippen molar-refractivity contribution in [2.75, 3.05) is 26.4 Å². The number of hydrogen-bond acceptors (Lipinski definition) is 4. The number of ether oxygens (including phenoxy) is 1. The highest BCUT2D eigenvalue weighted by atomic mass is 16.5. The zero-order valence-electron chi connectivity index (χ0n) is 10.9. The van der Waals surface area contributed by atoms with Crippen LogP contribution in [0.5, 0.6) is 5.75 Å². The van der Waals surface area contributed by atoms with Gasteiger partial charge in [-0.2, -0.15) is 0 Å². The smallest absolute Gasteiger partial charge is 0.115 e. The highest BCUT2D eigenvalue weighted by molar-refractivity contribution is 5.26. The van der Waals surface area contributed by atoms with E-state index in [1.807, 2.05) is 12.1 Å². The molecule has 0 radical (unpaired) electrons. The first-order chi connectivity index (χ1) is 8.72. The van der Waals surface area contributed by atoms with Gasteiger partial charge in [0.2, 0.25) is 0 Å². The summed E-state index contributed by atoms with van der Waals surface area (Å²) in [7, 11) is 0. The molecule has 1 unspecified atom stereocenters. The Labute approximate surface area is 109 Å². The average molecular weight is 253 g/mol. The molecule has 3 N–H and O–H groups in total. The first-order valence-electron chi connectivity index (χ1n) is 6.42. The van der Waals surface area contributed by atoms with Crippen LogP contribution >= 0.6 is 0 Å². The Hall–Kier alpha value is -1.10. The van der Waals surface area contributed by atoms with Crippen molar-refractivity contribution in [2.24, 2.45) is 0 Å². The van der Waals surface area contributed by atoms with Crippen LogP contribution in [0, 0.1) is 0 Å². The van der Waals surface area contributed by atoms with E-state index >= 15 is 0 Å². The highest BCUT2D eigenvalue weighted by Crippen LogP contribution is 2.11. The molecule has 0 bridgehead atoms. The number of hydrogen-bond donors (Lipinski definition) is 3. The van der Waals surface area contributed by atoms with Crippen molar-refractivity contribution in [2.45, 2.75) is 25.8 Å². The van der Waals surface area contributed by atoms with E-state index in [1.165, 1.54) is 5.56 Å². The molecule has 0 amide bonds. The standard InChI is InChI=1S/C14H23NO3/c1-12(15-7-2-9-18-10-8-16)11-13-3-5-14(17)6-4-13/h3-6,12,15-17H,2,7-11H2,1H3. The summed E-state index contributed by atoms with van der Waals surface area (Å²) in [6, 6.07) is 7.71. The molecular weight excluding hydrogens is 230 g/mol. The molecule has 0 aromatic heterocycles. The molecule has 0 heterocycles. The molecule has 0 aliphatic carbocycles. The fourth-order valence-electron chi connectivity index (χ4n) is 1.75. The number of aliphatic hydroxyl groups excluding tert-OH is 1. The summed E-state index contributed by atoms with van der Waals surface area (Å²) in [5.74, 6) is 0.306. The Morgan fingerprint density at radius 3 is 2.61 bits per heavy atom. The van der Waals surface area contributed by atoms with Crippen LogP contribution in [0.1, 0.15) is 18.9 Å². The van der Waals surface area contributed by atoms with Crippen LogP contribution in [-0.2, 0) is 11.2 Å². The van der Waals surface area contributed by atoms with Crippen LogP contribution in [0.2, 0.25) is 0 Å². The Kier molecular flexibility index (Phi) is 7.41. The van der Waals surface area contributed by atoms with Crippen molar-refractivity contribution in [1.82, 2.24) is 5.32 Å². The Morgan fingerprint density at radius 1 is 1.22 bits per heavy atom. The molecule has 18 heavy (non-hydrogen) atoms. The summed E-state index contributed by atoms with van der Waals surface area (Å²) < 4.78 is 5.18. The number of benzene rings is 1. The maximum absolute atomic E-state index is 9.19. The lowest BCUT2D eigenvalue weighted by Crippen LogP contribution is -2.29. The molecule has 0 fully saturated rings. The predicted octanol–water partition coefficient (Wildman–Crippen LogP) is 1.31. The first kappa shape index (κ1) is 15.0. The van der Waals surface area contributed by atoms with E-state index in [0.29, 0.717) is 25.0 Å². The second-order valence-corrected chi connectivity index (χ2v) is 4.42.